The summed E-state index contributed by atoms with van der Waals surface area (Å²) in [6.07, 6.45) is 1.56. The van der Waals surface area contributed by atoms with E-state index in [0.717, 1.165) is 29.7 Å². The molecule has 1 aliphatic heterocycles. The molecule has 26 heavy (non-hydrogen) atoms. The maximum atomic E-state index is 9.98. The summed E-state index contributed by atoms with van der Waals surface area (Å²) in [6, 6.07) is 7.31. The van der Waals surface area contributed by atoms with Gasteiger partial charge in [-0.05, 0) is 30.5 Å². The summed E-state index contributed by atoms with van der Waals surface area (Å²) < 4.78 is 27.5. The van der Waals surface area contributed by atoms with Crippen molar-refractivity contribution in [1.29, 1.82) is 0 Å². The van der Waals surface area contributed by atoms with E-state index in [0.29, 0.717) is 29.6 Å². The first kappa shape index (κ1) is 18.0. The predicted molar refractivity (Wildman–Crippen MR) is 97.1 cm³/mol. The maximum Gasteiger partial charge on any atom is 0.203 e. The zero-order chi connectivity index (χ0) is 18.7. The molecule has 6 nitrogen and oxygen atoms in total. The van der Waals surface area contributed by atoms with E-state index in [1.807, 2.05) is 12.1 Å². The van der Waals surface area contributed by atoms with Crippen LogP contribution in [0.4, 0.5) is 0 Å². The fourth-order valence-corrected chi connectivity index (χ4v) is 3.40. The molecule has 0 aromatic heterocycles. The fourth-order valence-electron chi connectivity index (χ4n) is 3.40. The van der Waals surface area contributed by atoms with Crippen LogP contribution in [0.1, 0.15) is 11.1 Å². The van der Waals surface area contributed by atoms with Crippen molar-refractivity contribution in [2.45, 2.75) is 12.8 Å². The molecule has 0 aliphatic carbocycles. The third kappa shape index (κ3) is 3.31. The number of fused-ring (bicyclic) bond motifs is 1. The summed E-state index contributed by atoms with van der Waals surface area (Å²) in [5, 5.41) is 9.98. The Kier molecular flexibility index (Phi) is 5.30. The van der Waals surface area contributed by atoms with Crippen LogP contribution in [-0.2, 0) is 12.8 Å². The van der Waals surface area contributed by atoms with Gasteiger partial charge >= 0.3 is 0 Å². The quantitative estimate of drug-likeness (QED) is 0.853. The predicted octanol–water partition coefficient (Wildman–Crippen LogP) is 3.22. The molecular weight excluding hydrogens is 336 g/mol. The second-order valence-electron chi connectivity index (χ2n) is 6.21. The molecule has 1 atom stereocenters. The average Bonchev–Trinajstić information content (AvgIpc) is 2.66. The van der Waals surface area contributed by atoms with Gasteiger partial charge in [0.2, 0.25) is 5.75 Å². The van der Waals surface area contributed by atoms with E-state index < -0.39 is 0 Å². The Morgan fingerprint density at radius 3 is 2.31 bits per heavy atom. The molecule has 0 fully saturated rings. The number of benzene rings is 2. The number of ether oxygens (including phenoxy) is 5. The van der Waals surface area contributed by atoms with Crippen LogP contribution in [0, 0.1) is 5.92 Å². The third-order valence-corrected chi connectivity index (χ3v) is 4.63. The Balaban J connectivity index is 1.86. The molecule has 0 amide bonds. The van der Waals surface area contributed by atoms with Crippen molar-refractivity contribution in [2.75, 3.05) is 35.0 Å². The van der Waals surface area contributed by atoms with E-state index >= 15 is 0 Å². The van der Waals surface area contributed by atoms with Gasteiger partial charge < -0.3 is 28.8 Å². The van der Waals surface area contributed by atoms with Gasteiger partial charge in [-0.2, -0.15) is 0 Å². The summed E-state index contributed by atoms with van der Waals surface area (Å²) in [4.78, 5) is 0. The number of hydrogen-bond acceptors (Lipinski definition) is 6. The van der Waals surface area contributed by atoms with Crippen molar-refractivity contribution in [1.82, 2.24) is 0 Å². The highest BCUT2D eigenvalue weighted by Crippen LogP contribution is 2.47. The van der Waals surface area contributed by atoms with Crippen molar-refractivity contribution >= 4 is 0 Å². The van der Waals surface area contributed by atoms with E-state index in [1.165, 1.54) is 7.11 Å². The van der Waals surface area contributed by atoms with E-state index in [2.05, 4.69) is 0 Å². The molecule has 1 heterocycles. The first-order valence-corrected chi connectivity index (χ1v) is 8.41. The zero-order valence-corrected chi connectivity index (χ0v) is 15.5. The maximum absolute atomic E-state index is 9.98. The summed E-state index contributed by atoms with van der Waals surface area (Å²) in [6.45, 7) is 0.582. The standard InChI is InChI=1S/C20H24O6/c1-22-16-6-5-12(9-15(16)21)7-13-8-14-17(26-11-13)10-18(23-2)20(25-4)19(14)24-3/h5-6,9-10,13,21H,7-8,11H2,1-4H3/t13-/m0/s1. The van der Waals surface area contributed by atoms with Gasteiger partial charge in [-0.25, -0.2) is 0 Å². The number of methoxy groups -OCH3 is 4. The van der Waals surface area contributed by atoms with Gasteiger partial charge in [-0.1, -0.05) is 6.07 Å². The molecule has 0 saturated heterocycles. The molecule has 0 radical (unpaired) electrons. The summed E-state index contributed by atoms with van der Waals surface area (Å²) in [5.41, 5.74) is 2.00. The number of phenols is 1. The summed E-state index contributed by atoms with van der Waals surface area (Å²) in [7, 11) is 6.33. The van der Waals surface area contributed by atoms with E-state index in [-0.39, 0.29) is 11.7 Å². The molecule has 6 heteroatoms. The highest BCUT2D eigenvalue weighted by atomic mass is 16.5. The van der Waals surface area contributed by atoms with E-state index in [9.17, 15) is 5.11 Å². The van der Waals surface area contributed by atoms with E-state index in [4.69, 9.17) is 23.7 Å². The van der Waals surface area contributed by atoms with Crippen LogP contribution in [0.2, 0.25) is 0 Å². The number of rotatable bonds is 6. The number of aromatic hydroxyl groups is 1. The number of phenolic OH excluding ortho intramolecular Hbond substituents is 1. The van der Waals surface area contributed by atoms with Gasteiger partial charge in [0, 0.05) is 17.5 Å². The van der Waals surface area contributed by atoms with Gasteiger partial charge in [0.1, 0.15) is 5.75 Å². The van der Waals surface area contributed by atoms with Crippen LogP contribution in [0.5, 0.6) is 34.5 Å². The molecule has 0 saturated carbocycles. The monoisotopic (exact) mass is 360 g/mol. The SMILES string of the molecule is COc1ccc(C[C@@H]2COc3cc(OC)c(OC)c(OC)c3C2)cc1O. The Labute approximate surface area is 153 Å². The van der Waals surface area contributed by atoms with Gasteiger partial charge in [0.05, 0.1) is 35.0 Å². The molecule has 2 aromatic rings. The van der Waals surface area contributed by atoms with Crippen molar-refractivity contribution in [3.8, 4) is 34.5 Å². The smallest absolute Gasteiger partial charge is 0.203 e. The molecule has 2 aromatic carbocycles. The van der Waals surface area contributed by atoms with Gasteiger partial charge in [0.25, 0.3) is 0 Å². The minimum Gasteiger partial charge on any atom is -0.504 e. The number of hydrogen-bond donors (Lipinski definition) is 1. The Morgan fingerprint density at radius 2 is 1.69 bits per heavy atom. The third-order valence-electron chi connectivity index (χ3n) is 4.63. The van der Waals surface area contributed by atoms with Crippen LogP contribution in [0.15, 0.2) is 24.3 Å². The lowest BCUT2D eigenvalue weighted by molar-refractivity contribution is 0.213. The fraction of sp³-hybridized carbons (Fsp3) is 0.400. The van der Waals surface area contributed by atoms with Crippen molar-refractivity contribution in [3.05, 3.63) is 35.4 Å². The van der Waals surface area contributed by atoms with Crippen molar-refractivity contribution in [3.63, 3.8) is 0 Å². The topological polar surface area (TPSA) is 66.4 Å². The van der Waals surface area contributed by atoms with Gasteiger partial charge in [-0.3, -0.25) is 0 Å². The van der Waals surface area contributed by atoms with Gasteiger partial charge in [-0.15, -0.1) is 0 Å². The Hall–Kier alpha value is -2.76. The minimum absolute atomic E-state index is 0.145. The molecule has 1 N–H and O–H groups in total. The zero-order valence-electron chi connectivity index (χ0n) is 15.5. The molecule has 0 spiro atoms. The van der Waals surface area contributed by atoms with E-state index in [1.54, 1.807) is 33.5 Å². The lowest BCUT2D eigenvalue weighted by Crippen LogP contribution is -2.23. The molecule has 140 valence electrons. The molecule has 3 rings (SSSR count). The Bertz CT molecular complexity index is 786. The molecule has 0 unspecified atom stereocenters. The van der Waals surface area contributed by atoms with Crippen LogP contribution >= 0.6 is 0 Å². The summed E-state index contributed by atoms with van der Waals surface area (Å²) in [5.74, 6) is 3.42. The highest BCUT2D eigenvalue weighted by Gasteiger charge is 2.28. The average molecular weight is 360 g/mol. The molecule has 0 bridgehead atoms. The normalized spacial score (nSPS) is 15.6. The van der Waals surface area contributed by atoms with Crippen molar-refractivity contribution in [2.24, 2.45) is 5.92 Å². The van der Waals surface area contributed by atoms with Crippen LogP contribution < -0.4 is 23.7 Å². The van der Waals surface area contributed by atoms with Crippen LogP contribution in [0.3, 0.4) is 0 Å². The largest absolute Gasteiger partial charge is 0.504 e. The lowest BCUT2D eigenvalue weighted by Gasteiger charge is -2.28. The molecule has 1 aliphatic rings. The Morgan fingerprint density at radius 1 is 0.962 bits per heavy atom. The minimum atomic E-state index is 0.145. The molecular formula is C20H24O6. The van der Waals surface area contributed by atoms with Crippen LogP contribution in [0.25, 0.3) is 0 Å². The second kappa shape index (κ2) is 7.64. The van der Waals surface area contributed by atoms with Crippen LogP contribution in [-0.4, -0.2) is 40.2 Å². The summed E-state index contributed by atoms with van der Waals surface area (Å²) >= 11 is 0. The first-order valence-electron chi connectivity index (χ1n) is 8.41. The highest BCUT2D eigenvalue weighted by molar-refractivity contribution is 5.62. The second-order valence-corrected chi connectivity index (χ2v) is 6.21. The first-order chi connectivity index (χ1) is 12.6. The van der Waals surface area contributed by atoms with Gasteiger partial charge in [0.15, 0.2) is 23.0 Å². The lowest BCUT2D eigenvalue weighted by atomic mass is 9.90. The van der Waals surface area contributed by atoms with Crippen molar-refractivity contribution < 1.29 is 28.8 Å².